The van der Waals surface area contributed by atoms with Crippen molar-refractivity contribution >= 4 is 22.5 Å². The molecule has 1 aliphatic heterocycles. The number of aromatic nitrogens is 1. The van der Waals surface area contributed by atoms with Gasteiger partial charge in [0, 0.05) is 23.5 Å². The molecular weight excluding hydrogens is 292 g/mol. The van der Waals surface area contributed by atoms with E-state index >= 15 is 0 Å². The van der Waals surface area contributed by atoms with E-state index in [-0.39, 0.29) is 11.2 Å². The molecule has 23 heavy (non-hydrogen) atoms. The van der Waals surface area contributed by atoms with Crippen LogP contribution in [0.2, 0.25) is 0 Å². The van der Waals surface area contributed by atoms with Crippen LogP contribution in [-0.2, 0) is 0 Å². The Labute approximate surface area is 131 Å². The van der Waals surface area contributed by atoms with Crippen molar-refractivity contribution in [1.82, 2.24) is 4.98 Å². The lowest BCUT2D eigenvalue weighted by molar-refractivity contribution is 0.475. The van der Waals surface area contributed by atoms with Gasteiger partial charge in [-0.2, -0.15) is 0 Å². The van der Waals surface area contributed by atoms with Crippen LogP contribution in [0.1, 0.15) is 0 Å². The molecule has 0 radical (unpaired) electrons. The van der Waals surface area contributed by atoms with E-state index < -0.39 is 0 Å². The first kappa shape index (κ1) is 13.3. The summed E-state index contributed by atoms with van der Waals surface area (Å²) in [5, 5.41) is 12.5. The Bertz CT molecular complexity index is 1020. The van der Waals surface area contributed by atoms with E-state index in [0.717, 1.165) is 11.4 Å². The van der Waals surface area contributed by atoms with E-state index in [9.17, 15) is 9.90 Å². The third kappa shape index (κ3) is 2.60. The minimum atomic E-state index is -0.110. The van der Waals surface area contributed by atoms with Gasteiger partial charge in [0.25, 0.3) is 0 Å². The second-order valence-electron chi connectivity index (χ2n) is 5.20. The normalized spacial score (nSPS) is 11.0. The summed E-state index contributed by atoms with van der Waals surface area (Å²) in [5.74, 6) is 0.680. The molecule has 0 atom stereocenters. The van der Waals surface area contributed by atoms with Gasteiger partial charge in [-0.25, -0.2) is 4.98 Å². The fraction of sp³-hybridized carbons (Fsp3) is 0. The molecule has 0 aromatic heterocycles. The Hall–Kier alpha value is -3.34. The molecule has 112 valence electrons. The van der Waals surface area contributed by atoms with Crippen molar-refractivity contribution in [1.29, 1.82) is 0 Å². The zero-order chi connectivity index (χ0) is 15.8. The van der Waals surface area contributed by atoms with Gasteiger partial charge >= 0.3 is 0 Å². The van der Waals surface area contributed by atoms with Gasteiger partial charge < -0.3 is 14.8 Å². The first-order valence-corrected chi connectivity index (χ1v) is 7.08. The number of phenolic OH excluding ortho intramolecular Hbond substituents is 1. The molecule has 4 rings (SSSR count). The van der Waals surface area contributed by atoms with Crippen LogP contribution < -0.4 is 10.7 Å². The Morgan fingerprint density at radius 1 is 0.913 bits per heavy atom. The minimum absolute atomic E-state index is 0.110. The highest BCUT2D eigenvalue weighted by Crippen LogP contribution is 2.27. The maximum Gasteiger partial charge on any atom is 0.182 e. The molecule has 1 aliphatic carbocycles. The lowest BCUT2D eigenvalue weighted by Gasteiger charge is -2.09. The van der Waals surface area contributed by atoms with Gasteiger partial charge in [0.1, 0.15) is 17.0 Å². The molecule has 0 saturated heterocycles. The predicted molar refractivity (Wildman–Crippen MR) is 88.3 cm³/mol. The first-order valence-electron chi connectivity index (χ1n) is 7.08. The van der Waals surface area contributed by atoms with Crippen LogP contribution in [0.5, 0.6) is 5.75 Å². The van der Waals surface area contributed by atoms with E-state index in [2.05, 4.69) is 10.3 Å². The molecule has 0 amide bonds. The van der Waals surface area contributed by atoms with E-state index in [0.29, 0.717) is 22.6 Å². The van der Waals surface area contributed by atoms with Crippen LogP contribution in [0.15, 0.2) is 69.9 Å². The smallest absolute Gasteiger partial charge is 0.182 e. The summed E-state index contributed by atoms with van der Waals surface area (Å²) in [6, 6.07) is 16.9. The Balaban J connectivity index is 1.77. The Morgan fingerprint density at radius 2 is 1.70 bits per heavy atom. The lowest BCUT2D eigenvalue weighted by atomic mass is 10.2. The average Bonchev–Trinajstić information content (AvgIpc) is 2.55. The van der Waals surface area contributed by atoms with Crippen molar-refractivity contribution in [2.45, 2.75) is 0 Å². The summed E-state index contributed by atoms with van der Waals surface area (Å²) in [6.07, 6.45) is 0. The summed E-state index contributed by atoms with van der Waals surface area (Å²) in [7, 11) is 0. The quantitative estimate of drug-likeness (QED) is 0.436. The van der Waals surface area contributed by atoms with Crippen LogP contribution >= 0.6 is 0 Å². The summed E-state index contributed by atoms with van der Waals surface area (Å²) in [5.41, 5.74) is 3.51. The molecule has 5 heteroatoms. The van der Waals surface area contributed by atoms with Crippen molar-refractivity contribution in [3.05, 3.63) is 70.9 Å². The number of nitrogens with one attached hydrogen (secondary N) is 1. The van der Waals surface area contributed by atoms with E-state index in [4.69, 9.17) is 4.42 Å². The summed E-state index contributed by atoms with van der Waals surface area (Å²) < 4.78 is 5.78. The highest BCUT2D eigenvalue weighted by molar-refractivity contribution is 5.81. The number of anilines is 2. The number of hydrogen-bond donors (Lipinski definition) is 2. The molecule has 0 bridgehead atoms. The Morgan fingerprint density at radius 3 is 2.52 bits per heavy atom. The summed E-state index contributed by atoms with van der Waals surface area (Å²) in [4.78, 5) is 15.9. The largest absolute Gasteiger partial charge is 0.508 e. The second-order valence-corrected chi connectivity index (χ2v) is 5.20. The van der Waals surface area contributed by atoms with Crippen LogP contribution in [0.25, 0.3) is 22.6 Å². The molecule has 2 N–H and O–H groups in total. The first-order chi connectivity index (χ1) is 11.2. The van der Waals surface area contributed by atoms with Gasteiger partial charge in [0.2, 0.25) is 0 Å². The number of fused-ring (bicyclic) bond motifs is 2. The van der Waals surface area contributed by atoms with Crippen LogP contribution in [0.3, 0.4) is 0 Å². The molecule has 0 unspecified atom stereocenters. The van der Waals surface area contributed by atoms with E-state index in [1.54, 1.807) is 30.3 Å². The van der Waals surface area contributed by atoms with E-state index in [1.165, 1.54) is 12.1 Å². The van der Waals surface area contributed by atoms with Gasteiger partial charge in [-0.1, -0.05) is 0 Å². The van der Waals surface area contributed by atoms with E-state index in [1.807, 2.05) is 18.2 Å². The van der Waals surface area contributed by atoms with Gasteiger partial charge in [-0.15, -0.1) is 0 Å². The second kappa shape index (κ2) is 5.14. The zero-order valence-corrected chi connectivity index (χ0v) is 12.0. The number of aromatic hydroxyl groups is 1. The molecule has 1 heterocycles. The number of nitrogens with zero attached hydrogens (tertiary/aromatic N) is 1. The van der Waals surface area contributed by atoms with Crippen LogP contribution in [0, 0.1) is 0 Å². The molecular formula is C18H12N2O3. The molecule has 5 nitrogen and oxygen atoms in total. The van der Waals surface area contributed by atoms with Gasteiger partial charge in [0.15, 0.2) is 16.8 Å². The lowest BCUT2D eigenvalue weighted by Crippen LogP contribution is -1.99. The highest BCUT2D eigenvalue weighted by Gasteiger charge is 2.09. The SMILES string of the molecule is O=c1ccc2nc3ccc(Nc4ccc(O)cc4)cc3oc-2c1. The predicted octanol–water partition coefficient (Wildman–Crippen LogP) is 3.74. The van der Waals surface area contributed by atoms with Crippen LogP contribution in [0.4, 0.5) is 11.4 Å². The molecule has 0 saturated carbocycles. The molecule has 2 aromatic carbocycles. The zero-order valence-electron chi connectivity index (χ0n) is 12.0. The standard InChI is InChI=1S/C18H12N2O3/c21-13-4-1-11(2-5-13)19-12-3-7-15-17(9-12)23-18-10-14(22)6-8-16(18)20-15/h1-10,19,21H. The fourth-order valence-corrected chi connectivity index (χ4v) is 2.39. The number of phenols is 1. The minimum Gasteiger partial charge on any atom is -0.508 e. The average molecular weight is 304 g/mol. The van der Waals surface area contributed by atoms with Crippen molar-refractivity contribution < 1.29 is 9.52 Å². The number of benzene rings is 3. The van der Waals surface area contributed by atoms with Crippen molar-refractivity contribution in [3.63, 3.8) is 0 Å². The molecule has 2 aromatic rings. The van der Waals surface area contributed by atoms with Crippen molar-refractivity contribution in [2.24, 2.45) is 0 Å². The number of rotatable bonds is 2. The molecule has 0 fully saturated rings. The monoisotopic (exact) mass is 304 g/mol. The summed E-state index contributed by atoms with van der Waals surface area (Å²) >= 11 is 0. The van der Waals surface area contributed by atoms with Crippen molar-refractivity contribution in [3.8, 4) is 17.2 Å². The summed E-state index contributed by atoms with van der Waals surface area (Å²) in [6.45, 7) is 0. The third-order valence-electron chi connectivity index (χ3n) is 3.51. The van der Waals surface area contributed by atoms with Gasteiger partial charge in [-0.3, -0.25) is 4.79 Å². The molecule has 0 spiro atoms. The Kier molecular flexibility index (Phi) is 2.98. The van der Waals surface area contributed by atoms with Crippen molar-refractivity contribution in [2.75, 3.05) is 5.32 Å². The van der Waals surface area contributed by atoms with Gasteiger partial charge in [-0.05, 0) is 48.5 Å². The van der Waals surface area contributed by atoms with Crippen LogP contribution in [-0.4, -0.2) is 10.1 Å². The maximum atomic E-state index is 11.4. The maximum absolute atomic E-state index is 11.4. The topological polar surface area (TPSA) is 75.4 Å². The molecule has 2 aliphatic rings. The third-order valence-corrected chi connectivity index (χ3v) is 3.51. The van der Waals surface area contributed by atoms with Gasteiger partial charge in [0.05, 0.1) is 0 Å². The fourth-order valence-electron chi connectivity index (χ4n) is 2.39. The highest BCUT2D eigenvalue weighted by atomic mass is 16.3. The number of hydrogen-bond acceptors (Lipinski definition) is 5.